The molecule has 6 nitrogen and oxygen atoms in total. The van der Waals surface area contributed by atoms with E-state index in [1.165, 1.54) is 0 Å². The predicted molar refractivity (Wildman–Crippen MR) is 117 cm³/mol. The number of rotatable bonds is 6. The van der Waals surface area contributed by atoms with Crippen LogP contribution < -0.4 is 10.6 Å². The second-order valence-electron chi connectivity index (χ2n) is 7.29. The van der Waals surface area contributed by atoms with Crippen molar-refractivity contribution in [2.45, 2.75) is 39.4 Å². The lowest BCUT2D eigenvalue weighted by atomic mass is 10.1. The zero-order chi connectivity index (χ0) is 21.0. The number of carbonyl (C=O) groups excluding carboxylic acids is 2. The van der Waals surface area contributed by atoms with Gasteiger partial charge in [-0.1, -0.05) is 24.3 Å². The largest absolute Gasteiger partial charge is 0.336 e. The molecule has 0 bridgehead atoms. The first-order chi connectivity index (χ1) is 13.8. The van der Waals surface area contributed by atoms with E-state index in [1.807, 2.05) is 57.2 Å². The van der Waals surface area contributed by atoms with Gasteiger partial charge in [0, 0.05) is 25.2 Å². The fraction of sp³-hybridized carbons (Fsp3) is 0.318. The number of thiazole rings is 1. The first-order valence-electron chi connectivity index (χ1n) is 9.61. The Kier molecular flexibility index (Phi) is 6.49. The van der Waals surface area contributed by atoms with Crippen LogP contribution in [0.4, 0.5) is 4.79 Å². The summed E-state index contributed by atoms with van der Waals surface area (Å²) in [6, 6.07) is 15.0. The Morgan fingerprint density at radius 2 is 1.76 bits per heavy atom. The minimum absolute atomic E-state index is 0.0613. The maximum absolute atomic E-state index is 12.9. The number of carbonyl (C=O) groups is 2. The minimum Gasteiger partial charge on any atom is -0.336 e. The molecule has 1 atom stereocenters. The van der Waals surface area contributed by atoms with Gasteiger partial charge in [0.1, 0.15) is 5.01 Å². The fourth-order valence-electron chi connectivity index (χ4n) is 2.87. The molecule has 0 unspecified atom stereocenters. The Balaban J connectivity index is 1.63. The summed E-state index contributed by atoms with van der Waals surface area (Å²) in [5.41, 5.74) is 2.50. The lowest BCUT2D eigenvalue weighted by molar-refractivity contribution is 0.0742. The van der Waals surface area contributed by atoms with Crippen LogP contribution in [0.5, 0.6) is 0 Å². The van der Waals surface area contributed by atoms with Crippen molar-refractivity contribution < 1.29 is 9.59 Å². The summed E-state index contributed by atoms with van der Waals surface area (Å²) in [6.07, 6.45) is 0. The standard InChI is InChI=1S/C22H26N4O2S/c1-14(2)24-22(28)23-13-16-9-11-17(12-10-16)21(27)26(4)15(3)20-25-18-7-5-6-8-19(18)29-20/h5-12,14-15H,13H2,1-4H3,(H2,23,24,28)/t15-/m0/s1. The second-order valence-corrected chi connectivity index (χ2v) is 8.35. The average Bonchev–Trinajstić information content (AvgIpc) is 3.15. The normalized spacial score (nSPS) is 12.0. The van der Waals surface area contributed by atoms with Crippen LogP contribution in [0.3, 0.4) is 0 Å². The van der Waals surface area contributed by atoms with Gasteiger partial charge >= 0.3 is 6.03 Å². The number of amides is 3. The molecule has 1 aromatic heterocycles. The molecule has 2 N–H and O–H groups in total. The molecular formula is C22H26N4O2S. The number of nitrogens with zero attached hydrogens (tertiary/aromatic N) is 2. The molecular weight excluding hydrogens is 384 g/mol. The molecule has 152 valence electrons. The monoisotopic (exact) mass is 410 g/mol. The molecule has 0 saturated heterocycles. The maximum atomic E-state index is 12.9. The highest BCUT2D eigenvalue weighted by atomic mass is 32.1. The third-order valence-electron chi connectivity index (χ3n) is 4.64. The van der Waals surface area contributed by atoms with E-state index in [4.69, 9.17) is 0 Å². The van der Waals surface area contributed by atoms with Crippen molar-refractivity contribution in [3.05, 3.63) is 64.7 Å². The molecule has 0 aliphatic carbocycles. The van der Waals surface area contributed by atoms with E-state index < -0.39 is 0 Å². The van der Waals surface area contributed by atoms with Crippen molar-refractivity contribution in [3.8, 4) is 0 Å². The molecule has 0 radical (unpaired) electrons. The van der Waals surface area contributed by atoms with Crippen LogP contribution in [0.15, 0.2) is 48.5 Å². The van der Waals surface area contributed by atoms with E-state index in [0.29, 0.717) is 12.1 Å². The van der Waals surface area contributed by atoms with E-state index >= 15 is 0 Å². The Morgan fingerprint density at radius 1 is 1.07 bits per heavy atom. The number of nitrogens with one attached hydrogen (secondary N) is 2. The summed E-state index contributed by atoms with van der Waals surface area (Å²) in [5.74, 6) is -0.0613. The molecule has 7 heteroatoms. The van der Waals surface area contributed by atoms with Crippen LogP contribution in [0, 0.1) is 0 Å². The van der Waals surface area contributed by atoms with Gasteiger partial charge in [-0.05, 0) is 50.6 Å². The maximum Gasteiger partial charge on any atom is 0.315 e. The van der Waals surface area contributed by atoms with Gasteiger partial charge in [0.05, 0.1) is 16.3 Å². The fourth-order valence-corrected chi connectivity index (χ4v) is 3.94. The molecule has 0 saturated carbocycles. The molecule has 29 heavy (non-hydrogen) atoms. The van der Waals surface area contributed by atoms with Gasteiger partial charge in [-0.15, -0.1) is 11.3 Å². The quantitative estimate of drug-likeness (QED) is 0.635. The number of fused-ring (bicyclic) bond motifs is 1. The first-order valence-corrected chi connectivity index (χ1v) is 10.4. The molecule has 2 aromatic carbocycles. The third-order valence-corrected chi connectivity index (χ3v) is 5.85. The molecule has 3 amide bonds. The van der Waals surface area contributed by atoms with Gasteiger partial charge in [-0.3, -0.25) is 4.79 Å². The van der Waals surface area contributed by atoms with Crippen LogP contribution >= 0.6 is 11.3 Å². The molecule has 0 aliphatic heterocycles. The molecule has 0 aliphatic rings. The molecule has 3 aromatic rings. The third kappa shape index (κ3) is 5.12. The van der Waals surface area contributed by atoms with E-state index in [9.17, 15) is 9.59 Å². The molecule has 1 heterocycles. The van der Waals surface area contributed by atoms with Gasteiger partial charge in [-0.25, -0.2) is 9.78 Å². The van der Waals surface area contributed by atoms with Crippen molar-refractivity contribution in [2.75, 3.05) is 7.05 Å². The zero-order valence-corrected chi connectivity index (χ0v) is 17.9. The van der Waals surface area contributed by atoms with Crippen LogP contribution in [0.2, 0.25) is 0 Å². The Bertz CT molecular complexity index is 964. The summed E-state index contributed by atoms with van der Waals surface area (Å²) < 4.78 is 1.12. The predicted octanol–water partition coefficient (Wildman–Crippen LogP) is 4.34. The summed E-state index contributed by atoms with van der Waals surface area (Å²) in [7, 11) is 1.80. The van der Waals surface area contributed by atoms with Crippen LogP contribution in [-0.2, 0) is 6.54 Å². The number of hydrogen-bond donors (Lipinski definition) is 2. The summed E-state index contributed by atoms with van der Waals surface area (Å²) in [6.45, 7) is 6.21. The van der Waals surface area contributed by atoms with Crippen molar-refractivity contribution in [1.29, 1.82) is 0 Å². The lowest BCUT2D eigenvalue weighted by Gasteiger charge is -2.23. The van der Waals surface area contributed by atoms with Gasteiger partial charge in [-0.2, -0.15) is 0 Å². The topological polar surface area (TPSA) is 74.3 Å². The van der Waals surface area contributed by atoms with Crippen LogP contribution in [-0.4, -0.2) is 34.9 Å². The highest BCUT2D eigenvalue weighted by molar-refractivity contribution is 7.18. The second kappa shape index (κ2) is 9.05. The van der Waals surface area contributed by atoms with E-state index in [-0.39, 0.29) is 24.0 Å². The van der Waals surface area contributed by atoms with Crippen molar-refractivity contribution in [2.24, 2.45) is 0 Å². The van der Waals surface area contributed by atoms with Gasteiger partial charge < -0.3 is 15.5 Å². The number of benzene rings is 2. The zero-order valence-electron chi connectivity index (χ0n) is 17.1. The van der Waals surface area contributed by atoms with Gasteiger partial charge in [0.25, 0.3) is 5.91 Å². The lowest BCUT2D eigenvalue weighted by Crippen LogP contribution is -2.39. The van der Waals surface area contributed by atoms with E-state index in [0.717, 1.165) is 20.8 Å². The van der Waals surface area contributed by atoms with Gasteiger partial charge in [0.15, 0.2) is 0 Å². The molecule has 3 rings (SSSR count). The van der Waals surface area contributed by atoms with E-state index in [1.54, 1.807) is 35.4 Å². The van der Waals surface area contributed by atoms with E-state index in [2.05, 4.69) is 15.6 Å². The highest BCUT2D eigenvalue weighted by Crippen LogP contribution is 2.29. The van der Waals surface area contributed by atoms with Crippen LogP contribution in [0.25, 0.3) is 10.2 Å². The number of hydrogen-bond acceptors (Lipinski definition) is 4. The van der Waals surface area contributed by atoms with Crippen molar-refractivity contribution in [1.82, 2.24) is 20.5 Å². The molecule has 0 spiro atoms. The number of urea groups is 1. The SMILES string of the molecule is CC(C)NC(=O)NCc1ccc(C(=O)N(C)[C@@H](C)c2nc3ccccc3s2)cc1. The Morgan fingerprint density at radius 3 is 2.41 bits per heavy atom. The van der Waals surface area contributed by atoms with Crippen molar-refractivity contribution in [3.63, 3.8) is 0 Å². The summed E-state index contributed by atoms with van der Waals surface area (Å²) in [5, 5.41) is 6.50. The van der Waals surface area contributed by atoms with Gasteiger partial charge in [0.2, 0.25) is 0 Å². The number of aromatic nitrogens is 1. The summed E-state index contributed by atoms with van der Waals surface area (Å²) in [4.78, 5) is 30.9. The minimum atomic E-state index is -0.204. The highest BCUT2D eigenvalue weighted by Gasteiger charge is 2.21. The van der Waals surface area contributed by atoms with Crippen molar-refractivity contribution >= 4 is 33.5 Å². The smallest absolute Gasteiger partial charge is 0.315 e. The number of para-hydroxylation sites is 1. The average molecular weight is 411 g/mol. The Labute approximate surface area is 174 Å². The summed E-state index contributed by atoms with van der Waals surface area (Å²) >= 11 is 1.61. The first kappa shape index (κ1) is 20.8. The molecule has 0 fully saturated rings. The van der Waals surface area contributed by atoms with Crippen LogP contribution in [0.1, 0.15) is 47.7 Å². The Hall–Kier alpha value is -2.93.